The van der Waals surface area contributed by atoms with E-state index in [0.29, 0.717) is 13.2 Å². The van der Waals surface area contributed by atoms with Gasteiger partial charge < -0.3 is 13.9 Å². The van der Waals surface area contributed by atoms with E-state index in [0.717, 1.165) is 18.8 Å². The molecule has 1 rings (SSSR count). The Morgan fingerprint density at radius 3 is 2.50 bits per heavy atom. The van der Waals surface area contributed by atoms with Gasteiger partial charge in [-0.25, -0.2) is 0 Å². The summed E-state index contributed by atoms with van der Waals surface area (Å²) in [5.41, 5.74) is 0. The Morgan fingerprint density at radius 1 is 1.31 bits per heavy atom. The van der Waals surface area contributed by atoms with Gasteiger partial charge in [-0.15, -0.1) is 0 Å². The summed E-state index contributed by atoms with van der Waals surface area (Å²) in [5, 5.41) is 0. The Kier molecular flexibility index (Phi) is 6.15. The normalized spacial score (nSPS) is 11.6. The summed E-state index contributed by atoms with van der Waals surface area (Å²) in [6.45, 7) is 6.78. The second-order valence-electron chi connectivity index (χ2n) is 3.62. The molecule has 92 valence electrons. The number of ether oxygens (including phenoxy) is 2. The lowest BCUT2D eigenvalue weighted by atomic mass is 10.4. The van der Waals surface area contributed by atoms with Gasteiger partial charge in [-0.2, -0.15) is 0 Å². The molecule has 0 saturated carbocycles. The highest BCUT2D eigenvalue weighted by Gasteiger charge is 2.12. The molecule has 0 aliphatic rings. The van der Waals surface area contributed by atoms with Crippen LogP contribution in [0.3, 0.4) is 0 Å². The summed E-state index contributed by atoms with van der Waals surface area (Å²) in [7, 11) is 2.02. The summed E-state index contributed by atoms with van der Waals surface area (Å²) in [6.07, 6.45) is 1.53. The maximum absolute atomic E-state index is 5.48. The molecular weight excluding hydrogens is 206 g/mol. The van der Waals surface area contributed by atoms with Crippen LogP contribution in [0.4, 0.5) is 0 Å². The van der Waals surface area contributed by atoms with Crippen LogP contribution in [-0.4, -0.2) is 38.0 Å². The lowest BCUT2D eigenvalue weighted by molar-refractivity contribution is -0.146. The predicted octanol–water partition coefficient (Wildman–Crippen LogP) is 2.11. The Hall–Kier alpha value is -0.840. The number of likely N-dealkylation sites (N-methyl/N-ethyl adjacent to an activating group) is 1. The van der Waals surface area contributed by atoms with Gasteiger partial charge >= 0.3 is 0 Å². The molecule has 4 nitrogen and oxygen atoms in total. The molecule has 0 saturated heterocycles. The summed E-state index contributed by atoms with van der Waals surface area (Å²) in [4.78, 5) is 2.12. The van der Waals surface area contributed by atoms with Gasteiger partial charge in [-0.1, -0.05) is 0 Å². The van der Waals surface area contributed by atoms with E-state index in [1.165, 1.54) is 0 Å². The molecule has 0 bridgehead atoms. The molecular formula is C12H21NO3. The van der Waals surface area contributed by atoms with Crippen LogP contribution in [0.5, 0.6) is 0 Å². The van der Waals surface area contributed by atoms with Crippen molar-refractivity contribution in [2.24, 2.45) is 0 Å². The lowest BCUT2D eigenvalue weighted by Crippen LogP contribution is -2.32. The summed E-state index contributed by atoms with van der Waals surface area (Å²) in [6, 6.07) is 3.86. The van der Waals surface area contributed by atoms with Gasteiger partial charge in [0.2, 0.25) is 0 Å². The summed E-state index contributed by atoms with van der Waals surface area (Å²) in [5.74, 6) is 0.953. The molecule has 0 N–H and O–H groups in total. The van der Waals surface area contributed by atoms with Crippen molar-refractivity contribution in [3.63, 3.8) is 0 Å². The van der Waals surface area contributed by atoms with E-state index in [2.05, 4.69) is 4.90 Å². The van der Waals surface area contributed by atoms with E-state index in [1.807, 2.05) is 33.0 Å². The van der Waals surface area contributed by atoms with Crippen molar-refractivity contribution in [1.29, 1.82) is 0 Å². The molecule has 4 heteroatoms. The largest absolute Gasteiger partial charge is 0.468 e. The Bertz CT molecular complexity index is 255. The third-order valence-corrected chi connectivity index (χ3v) is 2.17. The molecule has 0 aliphatic carbocycles. The molecule has 0 fully saturated rings. The van der Waals surface area contributed by atoms with Crippen LogP contribution in [0.15, 0.2) is 22.8 Å². The van der Waals surface area contributed by atoms with Gasteiger partial charge in [-0.05, 0) is 33.0 Å². The molecule has 0 aliphatic heterocycles. The first-order chi connectivity index (χ1) is 7.76. The number of furan rings is 1. The number of nitrogens with zero attached hydrogens (tertiary/aromatic N) is 1. The van der Waals surface area contributed by atoms with Gasteiger partial charge in [-0.3, -0.25) is 4.90 Å². The Balaban J connectivity index is 2.32. The molecule has 1 aromatic heterocycles. The number of hydrogen-bond donors (Lipinski definition) is 0. The van der Waals surface area contributed by atoms with E-state index in [9.17, 15) is 0 Å². The van der Waals surface area contributed by atoms with E-state index in [1.54, 1.807) is 6.26 Å². The Morgan fingerprint density at radius 2 is 2.00 bits per heavy atom. The van der Waals surface area contributed by atoms with Crippen LogP contribution < -0.4 is 0 Å². The zero-order chi connectivity index (χ0) is 11.8. The molecule has 0 spiro atoms. The maximum Gasteiger partial charge on any atom is 0.170 e. The van der Waals surface area contributed by atoms with Gasteiger partial charge in [0.1, 0.15) is 5.76 Å². The topological polar surface area (TPSA) is 34.8 Å². The zero-order valence-corrected chi connectivity index (χ0v) is 10.3. The fraction of sp³-hybridized carbons (Fsp3) is 0.667. The quantitative estimate of drug-likeness (QED) is 0.637. The standard InChI is InChI=1S/C12H21NO3/c1-4-14-12(15-5-2)10-13(3)9-11-7-6-8-16-11/h6-8,12H,4-5,9-10H2,1-3H3. The van der Waals surface area contributed by atoms with E-state index >= 15 is 0 Å². The first-order valence-electron chi connectivity index (χ1n) is 5.70. The fourth-order valence-corrected chi connectivity index (χ4v) is 1.51. The van der Waals surface area contributed by atoms with Crippen molar-refractivity contribution >= 4 is 0 Å². The van der Waals surface area contributed by atoms with Crippen molar-refractivity contribution in [2.75, 3.05) is 26.8 Å². The van der Waals surface area contributed by atoms with E-state index < -0.39 is 0 Å². The average molecular weight is 227 g/mol. The molecule has 1 heterocycles. The van der Waals surface area contributed by atoms with Crippen molar-refractivity contribution < 1.29 is 13.9 Å². The van der Waals surface area contributed by atoms with Gasteiger partial charge in [0.25, 0.3) is 0 Å². The van der Waals surface area contributed by atoms with Crippen molar-refractivity contribution in [3.8, 4) is 0 Å². The van der Waals surface area contributed by atoms with Crippen LogP contribution in [-0.2, 0) is 16.0 Å². The monoisotopic (exact) mass is 227 g/mol. The average Bonchev–Trinajstić information content (AvgIpc) is 2.71. The predicted molar refractivity (Wildman–Crippen MR) is 62.1 cm³/mol. The molecule has 0 atom stereocenters. The molecule has 0 amide bonds. The lowest BCUT2D eigenvalue weighted by Gasteiger charge is -2.22. The van der Waals surface area contributed by atoms with Crippen LogP contribution in [0.2, 0.25) is 0 Å². The summed E-state index contributed by atoms with van der Waals surface area (Å²) >= 11 is 0. The first-order valence-corrected chi connectivity index (χ1v) is 5.70. The minimum Gasteiger partial charge on any atom is -0.468 e. The second kappa shape index (κ2) is 7.44. The van der Waals surface area contributed by atoms with Crippen molar-refractivity contribution in [2.45, 2.75) is 26.7 Å². The highest BCUT2D eigenvalue weighted by atomic mass is 16.7. The molecule has 0 unspecified atom stereocenters. The third kappa shape index (κ3) is 4.79. The van der Waals surface area contributed by atoms with Crippen LogP contribution in [0.25, 0.3) is 0 Å². The summed E-state index contributed by atoms with van der Waals surface area (Å²) < 4.78 is 16.2. The number of rotatable bonds is 8. The van der Waals surface area contributed by atoms with Crippen molar-refractivity contribution in [3.05, 3.63) is 24.2 Å². The smallest absolute Gasteiger partial charge is 0.170 e. The minimum absolute atomic E-state index is 0.157. The highest BCUT2D eigenvalue weighted by Crippen LogP contribution is 2.05. The SMILES string of the molecule is CCOC(CN(C)Cc1ccco1)OCC. The maximum atomic E-state index is 5.48. The van der Waals surface area contributed by atoms with E-state index in [4.69, 9.17) is 13.9 Å². The third-order valence-electron chi connectivity index (χ3n) is 2.17. The molecule has 0 radical (unpaired) electrons. The van der Waals surface area contributed by atoms with Crippen molar-refractivity contribution in [1.82, 2.24) is 4.90 Å². The molecule has 0 aromatic carbocycles. The van der Waals surface area contributed by atoms with E-state index in [-0.39, 0.29) is 6.29 Å². The molecule has 16 heavy (non-hydrogen) atoms. The van der Waals surface area contributed by atoms with Gasteiger partial charge in [0, 0.05) is 19.8 Å². The van der Waals surface area contributed by atoms with Crippen LogP contribution >= 0.6 is 0 Å². The molecule has 1 aromatic rings. The second-order valence-corrected chi connectivity index (χ2v) is 3.62. The highest BCUT2D eigenvalue weighted by molar-refractivity contribution is 4.97. The Labute approximate surface area is 97.1 Å². The van der Waals surface area contributed by atoms with Gasteiger partial charge in [0.15, 0.2) is 6.29 Å². The first kappa shape index (κ1) is 13.2. The van der Waals surface area contributed by atoms with Crippen LogP contribution in [0.1, 0.15) is 19.6 Å². The number of hydrogen-bond acceptors (Lipinski definition) is 4. The minimum atomic E-state index is -0.157. The van der Waals surface area contributed by atoms with Gasteiger partial charge in [0.05, 0.1) is 12.8 Å². The van der Waals surface area contributed by atoms with Crippen LogP contribution in [0, 0.1) is 0 Å². The fourth-order valence-electron chi connectivity index (χ4n) is 1.51. The zero-order valence-electron chi connectivity index (χ0n) is 10.3.